The molecule has 3 rings (SSSR count). The standard InChI is InChI=1S/C18H18F3NO4/c19-18(20,21)26-15-5-3-13(4-6-15)17(23)22(12-16-2-1-9-25-16)14-7-10-24-11-8-14/h1-6,9,14H,7-8,10-12H2. The normalized spacial score (nSPS) is 15.7. The van der Waals surface area contributed by atoms with Gasteiger partial charge in [-0.05, 0) is 49.2 Å². The molecule has 0 atom stereocenters. The molecule has 1 fully saturated rings. The summed E-state index contributed by atoms with van der Waals surface area (Å²) in [7, 11) is 0. The minimum atomic E-state index is -4.76. The second kappa shape index (κ2) is 7.82. The van der Waals surface area contributed by atoms with Crippen LogP contribution < -0.4 is 4.74 Å². The molecule has 1 saturated heterocycles. The smallest absolute Gasteiger partial charge is 0.467 e. The molecule has 0 spiro atoms. The lowest BCUT2D eigenvalue weighted by molar-refractivity contribution is -0.274. The van der Waals surface area contributed by atoms with E-state index in [1.165, 1.54) is 18.4 Å². The second-order valence-corrected chi connectivity index (χ2v) is 5.93. The van der Waals surface area contributed by atoms with Gasteiger partial charge in [-0.3, -0.25) is 4.79 Å². The summed E-state index contributed by atoms with van der Waals surface area (Å²) in [5.74, 6) is 0.00595. The average molecular weight is 369 g/mol. The molecule has 1 aliphatic heterocycles. The number of alkyl halides is 3. The van der Waals surface area contributed by atoms with Gasteiger partial charge >= 0.3 is 6.36 Å². The predicted molar refractivity (Wildman–Crippen MR) is 85.5 cm³/mol. The summed E-state index contributed by atoms with van der Waals surface area (Å²) in [6.07, 6.45) is -1.84. The topological polar surface area (TPSA) is 51.9 Å². The molecular weight excluding hydrogens is 351 g/mol. The van der Waals surface area contributed by atoms with Gasteiger partial charge in [-0.1, -0.05) is 0 Å². The zero-order valence-corrected chi connectivity index (χ0v) is 13.9. The Morgan fingerprint density at radius 2 is 1.85 bits per heavy atom. The summed E-state index contributed by atoms with van der Waals surface area (Å²) in [5, 5.41) is 0. The third-order valence-corrected chi connectivity index (χ3v) is 4.13. The van der Waals surface area contributed by atoms with Crippen LogP contribution in [-0.4, -0.2) is 36.4 Å². The molecule has 5 nitrogen and oxygen atoms in total. The second-order valence-electron chi connectivity index (χ2n) is 5.93. The number of nitrogens with zero attached hydrogens (tertiary/aromatic N) is 1. The molecular formula is C18H18F3NO4. The van der Waals surface area contributed by atoms with Crippen molar-refractivity contribution in [2.75, 3.05) is 13.2 Å². The van der Waals surface area contributed by atoms with E-state index in [1.807, 2.05) is 0 Å². The van der Waals surface area contributed by atoms with E-state index in [0.717, 1.165) is 12.1 Å². The zero-order valence-electron chi connectivity index (χ0n) is 13.9. The molecule has 8 heteroatoms. The van der Waals surface area contributed by atoms with Gasteiger partial charge in [0.2, 0.25) is 0 Å². The van der Waals surface area contributed by atoms with Crippen LogP contribution >= 0.6 is 0 Å². The molecule has 2 aromatic rings. The van der Waals surface area contributed by atoms with Crippen molar-refractivity contribution in [2.24, 2.45) is 0 Å². The summed E-state index contributed by atoms with van der Waals surface area (Å²) >= 11 is 0. The number of ether oxygens (including phenoxy) is 2. The van der Waals surface area contributed by atoms with Crippen LogP contribution in [0.3, 0.4) is 0 Å². The molecule has 0 saturated carbocycles. The Balaban J connectivity index is 1.77. The van der Waals surface area contributed by atoms with Crippen molar-refractivity contribution in [2.45, 2.75) is 31.8 Å². The first kappa shape index (κ1) is 18.3. The molecule has 0 aliphatic carbocycles. The molecule has 1 aliphatic rings. The van der Waals surface area contributed by atoms with Crippen LogP contribution in [0.1, 0.15) is 29.0 Å². The Bertz CT molecular complexity index is 707. The molecule has 1 aromatic heterocycles. The van der Waals surface area contributed by atoms with E-state index in [-0.39, 0.29) is 29.8 Å². The number of carbonyl (C=O) groups is 1. The molecule has 2 heterocycles. The number of rotatable bonds is 5. The van der Waals surface area contributed by atoms with Gasteiger partial charge in [-0.15, -0.1) is 13.2 Å². The Hall–Kier alpha value is -2.48. The van der Waals surface area contributed by atoms with E-state index < -0.39 is 6.36 Å². The maximum Gasteiger partial charge on any atom is 0.573 e. The van der Waals surface area contributed by atoms with E-state index >= 15 is 0 Å². The third-order valence-electron chi connectivity index (χ3n) is 4.13. The van der Waals surface area contributed by atoms with E-state index in [4.69, 9.17) is 9.15 Å². The highest BCUT2D eigenvalue weighted by Gasteiger charge is 2.31. The highest BCUT2D eigenvalue weighted by atomic mass is 19.4. The van der Waals surface area contributed by atoms with Gasteiger partial charge in [0, 0.05) is 24.8 Å². The van der Waals surface area contributed by atoms with Gasteiger partial charge in [0.1, 0.15) is 11.5 Å². The van der Waals surface area contributed by atoms with Gasteiger partial charge < -0.3 is 18.8 Å². The molecule has 0 unspecified atom stereocenters. The lowest BCUT2D eigenvalue weighted by Gasteiger charge is -2.34. The number of carbonyl (C=O) groups excluding carboxylic acids is 1. The first-order chi connectivity index (χ1) is 12.4. The van der Waals surface area contributed by atoms with E-state index in [2.05, 4.69) is 4.74 Å². The van der Waals surface area contributed by atoms with E-state index in [9.17, 15) is 18.0 Å². The SMILES string of the molecule is O=C(c1ccc(OC(F)(F)F)cc1)N(Cc1ccco1)C1CCOCC1. The summed E-state index contributed by atoms with van der Waals surface area (Å²) < 4.78 is 51.3. The van der Waals surface area contributed by atoms with Crippen molar-refractivity contribution in [1.29, 1.82) is 0 Å². The highest BCUT2D eigenvalue weighted by Crippen LogP contribution is 2.25. The summed E-state index contributed by atoms with van der Waals surface area (Å²) in [4.78, 5) is 14.6. The molecule has 140 valence electrons. The Kier molecular flexibility index (Phi) is 5.51. The van der Waals surface area contributed by atoms with Crippen molar-refractivity contribution >= 4 is 5.91 Å². The number of furan rings is 1. The summed E-state index contributed by atoms with van der Waals surface area (Å²) in [5.41, 5.74) is 0.289. The third kappa shape index (κ3) is 4.78. The van der Waals surface area contributed by atoms with Crippen LogP contribution in [0.4, 0.5) is 13.2 Å². The molecule has 1 amide bonds. The molecule has 0 radical (unpaired) electrons. The highest BCUT2D eigenvalue weighted by molar-refractivity contribution is 5.94. The minimum Gasteiger partial charge on any atom is -0.467 e. The molecule has 1 aromatic carbocycles. The van der Waals surface area contributed by atoms with E-state index in [0.29, 0.717) is 31.8 Å². The quantitative estimate of drug-likeness (QED) is 0.799. The maximum absolute atomic E-state index is 12.9. The van der Waals surface area contributed by atoms with Crippen LogP contribution in [0.2, 0.25) is 0 Å². The summed E-state index contributed by atoms with van der Waals surface area (Å²) in [6, 6.07) is 8.43. The van der Waals surface area contributed by atoms with Gasteiger partial charge in [0.05, 0.1) is 12.8 Å². The first-order valence-corrected chi connectivity index (χ1v) is 8.19. The fourth-order valence-corrected chi connectivity index (χ4v) is 2.90. The van der Waals surface area contributed by atoms with Crippen molar-refractivity contribution in [3.05, 3.63) is 54.0 Å². The maximum atomic E-state index is 12.9. The van der Waals surface area contributed by atoms with Crippen LogP contribution in [-0.2, 0) is 11.3 Å². The van der Waals surface area contributed by atoms with E-state index in [1.54, 1.807) is 17.0 Å². The number of benzene rings is 1. The predicted octanol–water partition coefficient (Wildman–Crippen LogP) is 4.00. The van der Waals surface area contributed by atoms with Crippen LogP contribution in [0.25, 0.3) is 0 Å². The van der Waals surface area contributed by atoms with Crippen molar-refractivity contribution in [3.63, 3.8) is 0 Å². The zero-order chi connectivity index (χ0) is 18.6. The van der Waals surface area contributed by atoms with Crippen molar-refractivity contribution in [1.82, 2.24) is 4.90 Å². The Labute approximate surface area is 148 Å². The lowest BCUT2D eigenvalue weighted by Crippen LogP contribution is -2.42. The van der Waals surface area contributed by atoms with Crippen LogP contribution in [0.15, 0.2) is 47.1 Å². The van der Waals surface area contributed by atoms with Gasteiger partial charge in [0.15, 0.2) is 0 Å². The van der Waals surface area contributed by atoms with Crippen LogP contribution in [0.5, 0.6) is 5.75 Å². The largest absolute Gasteiger partial charge is 0.573 e. The minimum absolute atomic E-state index is 0.0209. The number of halogens is 3. The van der Waals surface area contributed by atoms with Crippen molar-refractivity contribution in [3.8, 4) is 5.75 Å². The number of hydrogen-bond acceptors (Lipinski definition) is 4. The van der Waals surface area contributed by atoms with Crippen molar-refractivity contribution < 1.29 is 31.9 Å². The Morgan fingerprint density at radius 1 is 1.15 bits per heavy atom. The molecule has 0 N–H and O–H groups in total. The van der Waals surface area contributed by atoms with Gasteiger partial charge in [-0.25, -0.2) is 0 Å². The molecule has 26 heavy (non-hydrogen) atoms. The van der Waals surface area contributed by atoms with Crippen LogP contribution in [0, 0.1) is 0 Å². The average Bonchev–Trinajstić information content (AvgIpc) is 3.12. The molecule has 0 bridgehead atoms. The Morgan fingerprint density at radius 3 is 2.42 bits per heavy atom. The van der Waals surface area contributed by atoms with Gasteiger partial charge in [0.25, 0.3) is 5.91 Å². The number of amides is 1. The fraction of sp³-hybridized carbons (Fsp3) is 0.389. The fourth-order valence-electron chi connectivity index (χ4n) is 2.90. The lowest BCUT2D eigenvalue weighted by atomic mass is 10.0. The summed E-state index contributed by atoms with van der Waals surface area (Å²) in [6.45, 7) is 1.41. The first-order valence-electron chi connectivity index (χ1n) is 8.19. The monoisotopic (exact) mass is 369 g/mol. The number of hydrogen-bond donors (Lipinski definition) is 0. The van der Waals surface area contributed by atoms with Gasteiger partial charge in [-0.2, -0.15) is 0 Å².